The lowest BCUT2D eigenvalue weighted by Gasteiger charge is -2.18. The molecular formula is C67H124O6. The third-order valence-electron chi connectivity index (χ3n) is 14.6. The minimum absolute atomic E-state index is 0.0697. The molecule has 0 rings (SSSR count). The summed E-state index contributed by atoms with van der Waals surface area (Å²) in [6, 6.07) is 0. The molecule has 0 heterocycles. The van der Waals surface area contributed by atoms with Gasteiger partial charge < -0.3 is 14.2 Å². The van der Waals surface area contributed by atoms with Crippen LogP contribution in [0.3, 0.4) is 0 Å². The van der Waals surface area contributed by atoms with E-state index in [4.69, 9.17) is 14.2 Å². The molecule has 1 atom stereocenters. The maximum atomic E-state index is 12.9. The summed E-state index contributed by atoms with van der Waals surface area (Å²) in [6.07, 6.45) is 75.9. The van der Waals surface area contributed by atoms with E-state index in [1.807, 2.05) is 0 Å². The van der Waals surface area contributed by atoms with Crippen molar-refractivity contribution in [3.8, 4) is 0 Å². The number of rotatable bonds is 60. The van der Waals surface area contributed by atoms with Crippen LogP contribution < -0.4 is 0 Å². The molecule has 0 aliphatic carbocycles. The summed E-state index contributed by atoms with van der Waals surface area (Å²) in [5.74, 6) is -0.857. The smallest absolute Gasteiger partial charge is 0.306 e. The SMILES string of the molecule is CCCCCCC/C=C\C/C=C\C/C=C\CCCCCCCCCCC(=O)OCC(COC(=O)CCCCCCCCCCC)OC(=O)CCCCCCCCCCCCCCCCCCCCCCCCC. The second kappa shape index (κ2) is 62.2. The molecule has 0 aliphatic heterocycles. The Bertz CT molecular complexity index is 1220. The molecule has 0 aliphatic rings. The van der Waals surface area contributed by atoms with E-state index in [2.05, 4.69) is 57.2 Å². The summed E-state index contributed by atoms with van der Waals surface area (Å²) >= 11 is 0. The number of hydrogen-bond donors (Lipinski definition) is 0. The highest BCUT2D eigenvalue weighted by Crippen LogP contribution is 2.18. The first-order valence-corrected chi connectivity index (χ1v) is 32.5. The van der Waals surface area contributed by atoms with Crippen molar-refractivity contribution in [3.05, 3.63) is 36.5 Å². The van der Waals surface area contributed by atoms with Crippen LogP contribution in [0.4, 0.5) is 0 Å². The molecule has 0 N–H and O–H groups in total. The average Bonchev–Trinajstić information content (AvgIpc) is 3.39. The van der Waals surface area contributed by atoms with Gasteiger partial charge in [0.25, 0.3) is 0 Å². The zero-order valence-electron chi connectivity index (χ0n) is 49.2. The summed E-state index contributed by atoms with van der Waals surface area (Å²) < 4.78 is 16.9. The fourth-order valence-corrected chi connectivity index (χ4v) is 9.75. The van der Waals surface area contributed by atoms with E-state index in [0.717, 1.165) is 77.0 Å². The summed E-state index contributed by atoms with van der Waals surface area (Å²) in [7, 11) is 0. The van der Waals surface area contributed by atoms with Gasteiger partial charge in [0.1, 0.15) is 13.2 Å². The lowest BCUT2D eigenvalue weighted by Crippen LogP contribution is -2.30. The largest absolute Gasteiger partial charge is 0.462 e. The van der Waals surface area contributed by atoms with Gasteiger partial charge in [-0.15, -0.1) is 0 Å². The number of allylic oxidation sites excluding steroid dienone is 6. The van der Waals surface area contributed by atoms with Gasteiger partial charge in [0, 0.05) is 19.3 Å². The fourth-order valence-electron chi connectivity index (χ4n) is 9.75. The molecule has 0 aromatic carbocycles. The topological polar surface area (TPSA) is 78.9 Å². The maximum absolute atomic E-state index is 12.9. The van der Waals surface area contributed by atoms with Crippen LogP contribution in [-0.4, -0.2) is 37.2 Å². The molecule has 73 heavy (non-hydrogen) atoms. The van der Waals surface area contributed by atoms with Gasteiger partial charge in [-0.05, 0) is 57.8 Å². The number of esters is 3. The minimum Gasteiger partial charge on any atom is -0.462 e. The van der Waals surface area contributed by atoms with Crippen LogP contribution in [0, 0.1) is 0 Å². The Kier molecular flexibility index (Phi) is 60.2. The average molecular weight is 1030 g/mol. The van der Waals surface area contributed by atoms with Gasteiger partial charge in [-0.25, -0.2) is 0 Å². The molecule has 6 heteroatoms. The van der Waals surface area contributed by atoms with Crippen LogP contribution in [0.1, 0.15) is 355 Å². The molecule has 1 unspecified atom stereocenters. The van der Waals surface area contributed by atoms with Crippen molar-refractivity contribution < 1.29 is 28.6 Å². The standard InChI is InChI=1S/C67H124O6/c1-4-7-10-13-16-19-21-23-25-27-29-31-33-35-37-39-41-43-45-48-51-54-57-60-66(69)72-63-64(62-71-65(68)59-56-53-50-47-18-15-12-9-6-3)73-67(70)61-58-55-52-49-46-44-42-40-38-36-34-32-30-28-26-24-22-20-17-14-11-8-5-2/h21,23,27,29,33,35,64H,4-20,22,24-26,28,30-32,34,36-63H2,1-3H3/b23-21-,29-27-,35-33-. The first-order chi connectivity index (χ1) is 36.0. The minimum atomic E-state index is -0.771. The maximum Gasteiger partial charge on any atom is 0.306 e. The molecule has 0 saturated carbocycles. The molecule has 0 amide bonds. The highest BCUT2D eigenvalue weighted by atomic mass is 16.6. The molecule has 0 bridgehead atoms. The van der Waals surface area contributed by atoms with Crippen molar-refractivity contribution in [1.29, 1.82) is 0 Å². The third kappa shape index (κ3) is 60.4. The Balaban J connectivity index is 4.18. The van der Waals surface area contributed by atoms with E-state index in [1.165, 1.54) is 238 Å². The van der Waals surface area contributed by atoms with Crippen molar-refractivity contribution >= 4 is 17.9 Å². The molecule has 0 spiro atoms. The zero-order chi connectivity index (χ0) is 52.9. The lowest BCUT2D eigenvalue weighted by molar-refractivity contribution is -0.167. The van der Waals surface area contributed by atoms with Gasteiger partial charge in [-0.2, -0.15) is 0 Å². The molecule has 0 radical (unpaired) electrons. The van der Waals surface area contributed by atoms with Crippen molar-refractivity contribution in [2.75, 3.05) is 13.2 Å². The summed E-state index contributed by atoms with van der Waals surface area (Å²) in [5, 5.41) is 0. The van der Waals surface area contributed by atoms with Crippen LogP contribution in [0.2, 0.25) is 0 Å². The summed E-state index contributed by atoms with van der Waals surface area (Å²) in [6.45, 7) is 6.66. The van der Waals surface area contributed by atoms with E-state index < -0.39 is 6.10 Å². The molecule has 0 aromatic heterocycles. The Labute approximate surface area is 455 Å². The molecule has 428 valence electrons. The number of ether oxygens (including phenoxy) is 3. The van der Waals surface area contributed by atoms with Crippen molar-refractivity contribution in [3.63, 3.8) is 0 Å². The molecular weight excluding hydrogens is 901 g/mol. The Morgan fingerprint density at radius 2 is 0.493 bits per heavy atom. The van der Waals surface area contributed by atoms with E-state index in [1.54, 1.807) is 0 Å². The second-order valence-corrected chi connectivity index (χ2v) is 22.0. The molecule has 6 nitrogen and oxygen atoms in total. The zero-order valence-corrected chi connectivity index (χ0v) is 49.2. The first kappa shape index (κ1) is 70.6. The normalized spacial score (nSPS) is 12.2. The Morgan fingerprint density at radius 3 is 0.767 bits per heavy atom. The van der Waals surface area contributed by atoms with Gasteiger partial charge in [0.05, 0.1) is 0 Å². The number of carbonyl (C=O) groups is 3. The van der Waals surface area contributed by atoms with E-state index >= 15 is 0 Å². The Hall–Kier alpha value is -2.37. The van der Waals surface area contributed by atoms with Crippen LogP contribution in [-0.2, 0) is 28.6 Å². The van der Waals surface area contributed by atoms with E-state index in [-0.39, 0.29) is 31.1 Å². The second-order valence-electron chi connectivity index (χ2n) is 22.0. The van der Waals surface area contributed by atoms with Crippen LogP contribution in [0.15, 0.2) is 36.5 Å². The summed E-state index contributed by atoms with van der Waals surface area (Å²) in [4.78, 5) is 38.2. The molecule has 0 fully saturated rings. The van der Waals surface area contributed by atoms with Crippen molar-refractivity contribution in [2.24, 2.45) is 0 Å². The van der Waals surface area contributed by atoms with Gasteiger partial charge >= 0.3 is 17.9 Å². The molecule has 0 aromatic rings. The first-order valence-electron chi connectivity index (χ1n) is 32.5. The number of hydrogen-bond acceptors (Lipinski definition) is 6. The highest BCUT2D eigenvalue weighted by molar-refractivity contribution is 5.71. The van der Waals surface area contributed by atoms with Gasteiger partial charge in [-0.1, -0.05) is 314 Å². The number of carbonyl (C=O) groups excluding carboxylic acids is 3. The molecule has 0 saturated heterocycles. The highest BCUT2D eigenvalue weighted by Gasteiger charge is 2.19. The van der Waals surface area contributed by atoms with Gasteiger partial charge in [0.2, 0.25) is 0 Å². The summed E-state index contributed by atoms with van der Waals surface area (Å²) in [5.41, 5.74) is 0. The number of unbranched alkanes of at least 4 members (excludes halogenated alkanes) is 43. The van der Waals surface area contributed by atoms with Gasteiger partial charge in [-0.3, -0.25) is 14.4 Å². The van der Waals surface area contributed by atoms with Crippen LogP contribution >= 0.6 is 0 Å². The van der Waals surface area contributed by atoms with Crippen molar-refractivity contribution in [1.82, 2.24) is 0 Å². The van der Waals surface area contributed by atoms with Crippen LogP contribution in [0.25, 0.3) is 0 Å². The van der Waals surface area contributed by atoms with Crippen LogP contribution in [0.5, 0.6) is 0 Å². The fraction of sp³-hybridized carbons (Fsp3) is 0.866. The van der Waals surface area contributed by atoms with E-state index in [9.17, 15) is 14.4 Å². The van der Waals surface area contributed by atoms with Gasteiger partial charge in [0.15, 0.2) is 6.10 Å². The Morgan fingerprint density at radius 1 is 0.274 bits per heavy atom. The predicted octanol–water partition coefficient (Wildman–Crippen LogP) is 22.0. The quantitative estimate of drug-likeness (QED) is 0.0261. The van der Waals surface area contributed by atoms with Crippen molar-refractivity contribution in [2.45, 2.75) is 361 Å². The van der Waals surface area contributed by atoms with E-state index in [0.29, 0.717) is 19.3 Å². The third-order valence-corrected chi connectivity index (χ3v) is 14.6. The predicted molar refractivity (Wildman–Crippen MR) is 316 cm³/mol. The lowest BCUT2D eigenvalue weighted by atomic mass is 10.0. The monoisotopic (exact) mass is 1020 g/mol.